The van der Waals surface area contributed by atoms with E-state index in [-0.39, 0.29) is 10.4 Å². The zero-order valence-electron chi connectivity index (χ0n) is 8.41. The van der Waals surface area contributed by atoms with Crippen molar-refractivity contribution in [1.29, 1.82) is 0 Å². The molecule has 94 valence electrons. The van der Waals surface area contributed by atoms with E-state index in [1.165, 1.54) is 12.3 Å². The molecule has 1 aliphatic carbocycles. The van der Waals surface area contributed by atoms with Crippen molar-refractivity contribution in [2.75, 3.05) is 0 Å². The van der Waals surface area contributed by atoms with E-state index in [2.05, 4.69) is 0 Å². The summed E-state index contributed by atoms with van der Waals surface area (Å²) in [4.78, 5) is 0.260. The number of hydrogen-bond acceptors (Lipinski definition) is 1. The van der Waals surface area contributed by atoms with E-state index in [1.807, 2.05) is 0 Å². The number of alkyl halides is 4. The van der Waals surface area contributed by atoms with Gasteiger partial charge in [-0.3, -0.25) is 0 Å². The molecule has 2 rings (SSSR count). The molecule has 0 N–H and O–H groups in total. The summed E-state index contributed by atoms with van der Waals surface area (Å²) in [6.45, 7) is 1.39. The van der Waals surface area contributed by atoms with Crippen molar-refractivity contribution in [1.82, 2.24) is 0 Å². The normalized spacial score (nSPS) is 26.6. The fourth-order valence-corrected chi connectivity index (χ4v) is 2.53. The van der Waals surface area contributed by atoms with Gasteiger partial charge in [0.25, 0.3) is 0 Å². The van der Waals surface area contributed by atoms with E-state index in [4.69, 9.17) is 0 Å². The Morgan fingerprint density at radius 1 is 1.18 bits per heavy atom. The second kappa shape index (κ2) is 3.51. The summed E-state index contributed by atoms with van der Waals surface area (Å²) in [6, 6.07) is 1.10. The van der Waals surface area contributed by atoms with Crippen molar-refractivity contribution in [3.63, 3.8) is 0 Å². The Kier molecular flexibility index (Phi) is 2.57. The van der Waals surface area contributed by atoms with Crippen LogP contribution < -0.4 is 0 Å². The number of rotatable bonds is 1. The van der Waals surface area contributed by atoms with Crippen molar-refractivity contribution >= 4 is 11.3 Å². The molecule has 1 aromatic heterocycles. The van der Waals surface area contributed by atoms with Crippen LogP contribution in [0, 0.1) is 6.92 Å². The third-order valence-electron chi connectivity index (χ3n) is 2.73. The van der Waals surface area contributed by atoms with Crippen molar-refractivity contribution in [2.45, 2.75) is 24.7 Å². The molecule has 1 aromatic rings. The van der Waals surface area contributed by atoms with Gasteiger partial charge in [-0.2, -0.15) is 17.6 Å². The first-order valence-corrected chi connectivity index (χ1v) is 5.44. The third-order valence-corrected chi connectivity index (χ3v) is 3.59. The van der Waals surface area contributed by atoms with Crippen LogP contribution in [-0.2, 0) is 0 Å². The van der Waals surface area contributed by atoms with Crippen LogP contribution in [0.4, 0.5) is 26.3 Å². The summed E-state index contributed by atoms with van der Waals surface area (Å²) in [6.07, 6.45) is 0. The summed E-state index contributed by atoms with van der Waals surface area (Å²) < 4.78 is 78.7. The molecule has 0 saturated carbocycles. The van der Waals surface area contributed by atoms with E-state index in [9.17, 15) is 26.3 Å². The van der Waals surface area contributed by atoms with E-state index in [1.54, 1.807) is 0 Å². The Bertz CT molecular complexity index is 487. The van der Waals surface area contributed by atoms with Crippen LogP contribution in [-0.4, -0.2) is 11.8 Å². The lowest BCUT2D eigenvalue weighted by molar-refractivity contribution is -0.189. The molecule has 0 amide bonds. The zero-order valence-corrected chi connectivity index (χ0v) is 9.22. The summed E-state index contributed by atoms with van der Waals surface area (Å²) >= 11 is 1.01. The van der Waals surface area contributed by atoms with Gasteiger partial charge in [0.05, 0.1) is 0 Å². The molecule has 0 saturated heterocycles. The molecule has 0 spiro atoms. The van der Waals surface area contributed by atoms with Crippen molar-refractivity contribution in [3.8, 4) is 0 Å². The highest BCUT2D eigenvalue weighted by atomic mass is 32.1. The summed E-state index contributed by atoms with van der Waals surface area (Å²) in [7, 11) is 0. The Labute approximate surface area is 96.6 Å². The molecule has 0 bridgehead atoms. The molecular weight excluding hydrogens is 266 g/mol. The lowest BCUT2D eigenvalue weighted by Crippen LogP contribution is -2.40. The van der Waals surface area contributed by atoms with Gasteiger partial charge in [0, 0.05) is 4.88 Å². The maximum Gasteiger partial charge on any atom is 0.364 e. The van der Waals surface area contributed by atoms with Crippen LogP contribution in [0.15, 0.2) is 23.1 Å². The minimum Gasteiger partial charge on any atom is -0.208 e. The number of thiophene rings is 1. The van der Waals surface area contributed by atoms with Crippen molar-refractivity contribution in [3.05, 3.63) is 33.5 Å². The topological polar surface area (TPSA) is 0 Å². The highest BCUT2D eigenvalue weighted by molar-refractivity contribution is 7.10. The van der Waals surface area contributed by atoms with E-state index in [0.717, 1.165) is 17.4 Å². The van der Waals surface area contributed by atoms with Gasteiger partial charge in [0.2, 0.25) is 5.83 Å². The lowest BCUT2D eigenvalue weighted by atomic mass is 9.94. The maximum atomic E-state index is 13.4. The van der Waals surface area contributed by atoms with Crippen LogP contribution >= 0.6 is 11.3 Å². The van der Waals surface area contributed by atoms with Crippen LogP contribution in [0.1, 0.15) is 16.4 Å². The Morgan fingerprint density at radius 2 is 1.76 bits per heavy atom. The Hall–Kier alpha value is -0.980. The second-order valence-corrected chi connectivity index (χ2v) is 4.84. The minimum absolute atomic E-state index is 0.260. The third kappa shape index (κ3) is 1.44. The van der Waals surface area contributed by atoms with Crippen LogP contribution in [0.25, 0.3) is 0 Å². The molecule has 1 unspecified atom stereocenters. The monoisotopic (exact) mass is 272 g/mol. The summed E-state index contributed by atoms with van der Waals surface area (Å²) in [5, 5.41) is 1.36. The van der Waals surface area contributed by atoms with Crippen LogP contribution in [0.3, 0.4) is 0 Å². The first kappa shape index (κ1) is 12.5. The maximum absolute atomic E-state index is 13.4. The summed E-state index contributed by atoms with van der Waals surface area (Å²) in [5.41, 5.74) is -0.301. The van der Waals surface area contributed by atoms with Crippen LogP contribution in [0.2, 0.25) is 0 Å². The van der Waals surface area contributed by atoms with E-state index in [0.29, 0.717) is 0 Å². The molecule has 0 nitrogen and oxygen atoms in total. The number of allylic oxidation sites excluding steroid dienone is 2. The van der Waals surface area contributed by atoms with Gasteiger partial charge in [0.1, 0.15) is 5.92 Å². The molecule has 1 aliphatic rings. The molecule has 7 heteroatoms. The molecule has 17 heavy (non-hydrogen) atoms. The Morgan fingerprint density at radius 3 is 2.12 bits per heavy atom. The number of halogens is 6. The fraction of sp³-hybridized carbons (Fsp3) is 0.400. The standard InChI is InChI=1S/C10H6F6S/c1-4-5(2-3-17-4)6-7(11)8(12)10(15,16)9(6,13)14/h2-3,6H,1H3. The molecule has 0 aromatic carbocycles. The Balaban J connectivity index is 2.61. The van der Waals surface area contributed by atoms with Gasteiger partial charge in [-0.1, -0.05) is 0 Å². The predicted octanol–water partition coefficient (Wildman–Crippen LogP) is 4.57. The van der Waals surface area contributed by atoms with Gasteiger partial charge in [-0.05, 0) is 23.9 Å². The van der Waals surface area contributed by atoms with Gasteiger partial charge in [0.15, 0.2) is 5.83 Å². The van der Waals surface area contributed by atoms with Crippen molar-refractivity contribution in [2.24, 2.45) is 0 Å². The first-order chi connectivity index (χ1) is 7.71. The number of hydrogen-bond donors (Lipinski definition) is 0. The molecule has 1 atom stereocenters. The van der Waals surface area contributed by atoms with Crippen molar-refractivity contribution < 1.29 is 26.3 Å². The minimum atomic E-state index is -5.09. The average Bonchev–Trinajstić information content (AvgIpc) is 2.66. The van der Waals surface area contributed by atoms with E-state index < -0.39 is 29.4 Å². The average molecular weight is 272 g/mol. The van der Waals surface area contributed by atoms with Crippen LogP contribution in [0.5, 0.6) is 0 Å². The largest absolute Gasteiger partial charge is 0.364 e. The SMILES string of the molecule is Cc1sccc1C1C(F)=C(F)C(F)(F)C1(F)F. The molecular formula is C10H6F6S. The van der Waals surface area contributed by atoms with Gasteiger partial charge < -0.3 is 0 Å². The van der Waals surface area contributed by atoms with E-state index >= 15 is 0 Å². The predicted molar refractivity (Wildman–Crippen MR) is 50.9 cm³/mol. The molecule has 0 aliphatic heterocycles. The quantitative estimate of drug-likeness (QED) is 0.657. The van der Waals surface area contributed by atoms with Gasteiger partial charge in [-0.25, -0.2) is 8.78 Å². The highest BCUT2D eigenvalue weighted by Gasteiger charge is 2.72. The van der Waals surface area contributed by atoms with Gasteiger partial charge >= 0.3 is 11.8 Å². The highest BCUT2D eigenvalue weighted by Crippen LogP contribution is 2.59. The smallest absolute Gasteiger partial charge is 0.208 e. The molecule has 0 radical (unpaired) electrons. The molecule has 1 heterocycles. The molecule has 0 fully saturated rings. The lowest BCUT2D eigenvalue weighted by Gasteiger charge is -2.24. The second-order valence-electron chi connectivity index (χ2n) is 3.72. The summed E-state index contributed by atoms with van der Waals surface area (Å²) in [5.74, 6) is -17.2. The van der Waals surface area contributed by atoms with Gasteiger partial charge in [-0.15, -0.1) is 11.3 Å². The zero-order chi connectivity index (χ0) is 13.0. The first-order valence-electron chi connectivity index (χ1n) is 4.56. The number of aryl methyl sites for hydroxylation is 1. The fourth-order valence-electron chi connectivity index (χ4n) is 1.79.